The maximum absolute atomic E-state index is 13.0. The summed E-state index contributed by atoms with van der Waals surface area (Å²) in [5.74, 6) is 0.303. The second-order valence-electron chi connectivity index (χ2n) is 6.45. The second-order valence-corrected chi connectivity index (χ2v) is 6.81. The van der Waals surface area contributed by atoms with Crippen LogP contribution in [0.4, 0.5) is 4.39 Å². The summed E-state index contributed by atoms with van der Waals surface area (Å²) in [6, 6.07) is 5.73. The summed E-state index contributed by atoms with van der Waals surface area (Å²) < 4.78 is 18.2. The van der Waals surface area contributed by atoms with E-state index in [9.17, 15) is 9.18 Å². The van der Waals surface area contributed by atoms with Crippen molar-refractivity contribution in [2.45, 2.75) is 44.4 Å². The number of rotatable bonds is 9. The molecule has 0 fully saturated rings. The number of nitrogens with zero attached hydrogens (tertiary/aromatic N) is 1. The average molecular weight is 393 g/mol. The van der Waals surface area contributed by atoms with Gasteiger partial charge in [-0.3, -0.25) is 4.79 Å². The Morgan fingerprint density at radius 3 is 2.78 bits per heavy atom. The number of H-pyrrole nitrogens is 1. The van der Waals surface area contributed by atoms with Gasteiger partial charge in [-0.2, -0.15) is 0 Å². The highest BCUT2D eigenvalue weighted by molar-refractivity contribution is 6.30. The van der Waals surface area contributed by atoms with E-state index >= 15 is 0 Å². The number of nitrogens with two attached hydrogens (primary N) is 1. The minimum atomic E-state index is -0.541. The smallest absolute Gasteiger partial charge is 0.228 e. The Balaban J connectivity index is 1.44. The van der Waals surface area contributed by atoms with Crippen LogP contribution < -0.4 is 11.1 Å². The molecule has 1 aromatic heterocycles. The molecule has 0 amide bonds. The van der Waals surface area contributed by atoms with Gasteiger partial charge in [-0.25, -0.2) is 9.37 Å². The minimum Gasteiger partial charge on any atom is -0.469 e. The molecule has 2 aromatic rings. The third-order valence-electron chi connectivity index (χ3n) is 4.43. The number of Topliss-reactive ketones (excluding diaryl/α,β-unsaturated/α-hetero) is 1. The molecule has 0 aliphatic carbocycles. The molecule has 0 bridgehead atoms. The van der Waals surface area contributed by atoms with E-state index < -0.39 is 6.23 Å². The summed E-state index contributed by atoms with van der Waals surface area (Å²) in [4.78, 5) is 19.3. The van der Waals surface area contributed by atoms with Crippen molar-refractivity contribution >= 4 is 17.4 Å². The minimum absolute atomic E-state index is 0.0462. The Kier molecular flexibility index (Phi) is 6.47. The molecule has 6 nitrogen and oxygen atoms in total. The zero-order valence-electron chi connectivity index (χ0n) is 14.8. The Bertz CT molecular complexity index is 799. The predicted octanol–water partition coefficient (Wildman–Crippen LogP) is 3.81. The van der Waals surface area contributed by atoms with Crippen LogP contribution in [0.1, 0.15) is 43.8 Å². The molecule has 1 unspecified atom stereocenters. The number of ketones is 1. The number of benzene rings is 1. The Morgan fingerprint density at radius 1 is 1.30 bits per heavy atom. The number of unbranched alkanes of at least 4 members (excludes halogenated alkanes) is 2. The molecule has 1 aliphatic rings. The van der Waals surface area contributed by atoms with E-state index in [1.807, 2.05) is 0 Å². The molecule has 0 spiro atoms. The summed E-state index contributed by atoms with van der Waals surface area (Å²) in [6.45, 7) is 0. The first-order valence-electron chi connectivity index (χ1n) is 8.91. The van der Waals surface area contributed by atoms with Crippen LogP contribution in [0, 0.1) is 5.82 Å². The molecule has 1 aliphatic heterocycles. The van der Waals surface area contributed by atoms with Crippen molar-refractivity contribution in [3.05, 3.63) is 53.4 Å². The number of carbonyl (C=O) groups is 1. The summed E-state index contributed by atoms with van der Waals surface area (Å²) in [6.07, 6.45) is 6.28. The van der Waals surface area contributed by atoms with Gasteiger partial charge in [0, 0.05) is 24.2 Å². The van der Waals surface area contributed by atoms with Crippen LogP contribution in [0.5, 0.6) is 0 Å². The number of nitrogens with one attached hydrogen (secondary N) is 2. The van der Waals surface area contributed by atoms with Crippen molar-refractivity contribution in [2.24, 2.45) is 5.73 Å². The fourth-order valence-electron chi connectivity index (χ4n) is 2.92. The molecule has 0 saturated heterocycles. The lowest BCUT2D eigenvalue weighted by molar-refractivity contribution is -0.127. The molecule has 0 radical (unpaired) electrons. The fourth-order valence-corrected chi connectivity index (χ4v) is 3.20. The number of ether oxygens (including phenoxy) is 1. The lowest BCUT2D eigenvalue weighted by Crippen LogP contribution is -2.30. The quantitative estimate of drug-likeness (QED) is 0.564. The van der Waals surface area contributed by atoms with Crippen molar-refractivity contribution < 1.29 is 13.9 Å². The van der Waals surface area contributed by atoms with Crippen molar-refractivity contribution in [3.8, 4) is 11.4 Å². The van der Waals surface area contributed by atoms with E-state index in [-0.39, 0.29) is 17.6 Å². The van der Waals surface area contributed by atoms with Crippen LogP contribution in [0.2, 0.25) is 5.15 Å². The largest absolute Gasteiger partial charge is 0.469 e. The van der Waals surface area contributed by atoms with E-state index in [2.05, 4.69) is 15.3 Å². The molecule has 27 heavy (non-hydrogen) atoms. The van der Waals surface area contributed by atoms with Crippen molar-refractivity contribution in [1.29, 1.82) is 0 Å². The Morgan fingerprint density at radius 2 is 2.07 bits per heavy atom. The second kappa shape index (κ2) is 9.01. The summed E-state index contributed by atoms with van der Waals surface area (Å²) in [5, 5.41) is 3.17. The zero-order chi connectivity index (χ0) is 19.2. The van der Waals surface area contributed by atoms with Gasteiger partial charge in [0.15, 0.2) is 10.9 Å². The molecule has 1 aromatic carbocycles. The van der Waals surface area contributed by atoms with E-state index in [1.54, 1.807) is 18.3 Å². The van der Waals surface area contributed by atoms with Gasteiger partial charge in [0.25, 0.3) is 0 Å². The molecule has 4 N–H and O–H groups in total. The summed E-state index contributed by atoms with van der Waals surface area (Å²) in [7, 11) is 0. The first-order valence-corrected chi connectivity index (χ1v) is 9.28. The number of aromatic nitrogens is 2. The topological polar surface area (TPSA) is 93.0 Å². The normalized spacial score (nSPS) is 16.8. The molecule has 2 heterocycles. The van der Waals surface area contributed by atoms with Gasteiger partial charge in [-0.1, -0.05) is 24.4 Å². The van der Waals surface area contributed by atoms with Gasteiger partial charge in [-0.15, -0.1) is 0 Å². The van der Waals surface area contributed by atoms with Crippen molar-refractivity contribution in [2.75, 3.05) is 0 Å². The Hall–Kier alpha value is -2.38. The number of carbonyl (C=O) groups excluding carboxylic acids is 1. The van der Waals surface area contributed by atoms with Crippen LogP contribution in [0.25, 0.3) is 11.4 Å². The SMILES string of the molecule is N[C@@H](CCCCCC(=O)C1NC=CO1)c1[nH]c(-c2ccc(F)cc2)nc1Cl. The first kappa shape index (κ1) is 19.4. The van der Waals surface area contributed by atoms with Crippen molar-refractivity contribution in [1.82, 2.24) is 15.3 Å². The standard InChI is InChI=1S/C19H22ClFN4O2/c20-17-16(24-18(25-17)12-6-8-13(21)9-7-12)14(22)4-2-1-3-5-15(26)19-23-10-11-27-19/h6-11,14,19,23H,1-5,22H2,(H,24,25)/t14-,19?/m0/s1. The maximum Gasteiger partial charge on any atom is 0.228 e. The van der Waals surface area contributed by atoms with E-state index in [1.165, 1.54) is 18.4 Å². The highest BCUT2D eigenvalue weighted by Gasteiger charge is 2.20. The lowest BCUT2D eigenvalue weighted by Gasteiger charge is -2.11. The summed E-state index contributed by atoms with van der Waals surface area (Å²) >= 11 is 6.21. The van der Waals surface area contributed by atoms with Crippen LogP contribution in [-0.4, -0.2) is 22.0 Å². The number of aromatic amines is 1. The van der Waals surface area contributed by atoms with Crippen molar-refractivity contribution in [3.63, 3.8) is 0 Å². The molecule has 3 rings (SSSR count). The zero-order valence-corrected chi connectivity index (χ0v) is 15.5. The predicted molar refractivity (Wildman–Crippen MR) is 101 cm³/mol. The van der Waals surface area contributed by atoms with Crippen LogP contribution in [0.3, 0.4) is 0 Å². The van der Waals surface area contributed by atoms with E-state index in [0.29, 0.717) is 23.1 Å². The molecule has 8 heteroatoms. The lowest BCUT2D eigenvalue weighted by atomic mass is 10.0. The average Bonchev–Trinajstić information content (AvgIpc) is 3.31. The molecular formula is C19H22ClFN4O2. The molecular weight excluding hydrogens is 371 g/mol. The Labute approximate surface area is 162 Å². The molecule has 2 atom stereocenters. The van der Waals surface area contributed by atoms with Gasteiger partial charge in [0.2, 0.25) is 6.23 Å². The fraction of sp³-hybridized carbons (Fsp3) is 0.368. The highest BCUT2D eigenvalue weighted by Crippen LogP contribution is 2.27. The third kappa shape index (κ3) is 5.08. The maximum atomic E-state index is 13.0. The van der Waals surface area contributed by atoms with Crippen LogP contribution in [0.15, 0.2) is 36.7 Å². The van der Waals surface area contributed by atoms with Gasteiger partial charge in [0.1, 0.15) is 17.9 Å². The number of hydrogen-bond acceptors (Lipinski definition) is 5. The van der Waals surface area contributed by atoms with Gasteiger partial charge >= 0.3 is 0 Å². The molecule has 144 valence electrons. The number of imidazole rings is 1. The summed E-state index contributed by atoms with van der Waals surface area (Å²) in [5.41, 5.74) is 7.64. The van der Waals surface area contributed by atoms with Crippen LogP contribution in [-0.2, 0) is 9.53 Å². The number of halogens is 2. The highest BCUT2D eigenvalue weighted by atomic mass is 35.5. The van der Waals surface area contributed by atoms with Crippen LogP contribution >= 0.6 is 11.6 Å². The monoisotopic (exact) mass is 392 g/mol. The van der Waals surface area contributed by atoms with E-state index in [4.69, 9.17) is 22.1 Å². The molecule has 0 saturated carbocycles. The first-order chi connectivity index (χ1) is 13.0. The van der Waals surface area contributed by atoms with E-state index in [0.717, 1.165) is 31.2 Å². The number of hydrogen-bond donors (Lipinski definition) is 3. The van der Waals surface area contributed by atoms with Gasteiger partial charge in [0.05, 0.1) is 5.69 Å². The van der Waals surface area contributed by atoms with Gasteiger partial charge in [-0.05, 0) is 37.1 Å². The van der Waals surface area contributed by atoms with Gasteiger partial charge < -0.3 is 20.8 Å². The third-order valence-corrected chi connectivity index (χ3v) is 4.72.